The fourth-order valence-corrected chi connectivity index (χ4v) is 3.80. The average molecular weight is 303 g/mol. The second-order valence-corrected chi connectivity index (χ2v) is 7.00. The number of piperidine rings is 1. The predicted molar refractivity (Wildman–Crippen MR) is 85.9 cm³/mol. The summed E-state index contributed by atoms with van der Waals surface area (Å²) in [5, 5.41) is 9.64. The van der Waals surface area contributed by atoms with Crippen molar-refractivity contribution in [1.29, 1.82) is 0 Å². The number of rotatable bonds is 3. The Morgan fingerprint density at radius 3 is 2.59 bits per heavy atom. The first kappa shape index (κ1) is 14.2. The summed E-state index contributed by atoms with van der Waals surface area (Å²) in [6.45, 7) is 3.58. The van der Waals surface area contributed by atoms with Crippen LogP contribution in [0.4, 0.5) is 11.8 Å². The Labute approximate surface area is 131 Å². The van der Waals surface area contributed by atoms with Crippen molar-refractivity contribution in [3.8, 4) is 0 Å². The van der Waals surface area contributed by atoms with E-state index in [4.69, 9.17) is 10.7 Å². The third-order valence-corrected chi connectivity index (χ3v) is 5.34. The number of nitrogens with zero attached hydrogens (tertiary/aromatic N) is 4. The molecule has 2 atom stereocenters. The standard InChI is InChI=1S/C16H25N5O/c17-14-10-21(9-13(14)11-1-2-11)16-18-6-3-15(19-16)20-7-4-12(22)5-8-20/h3,6,11-14,22H,1-2,4-5,7-10,17H2/t13-,14+/m1/s1. The molecule has 3 aliphatic rings. The van der Waals surface area contributed by atoms with Crippen molar-refractivity contribution in [2.75, 3.05) is 36.0 Å². The van der Waals surface area contributed by atoms with Crippen molar-refractivity contribution >= 4 is 11.8 Å². The topological polar surface area (TPSA) is 78.5 Å². The van der Waals surface area contributed by atoms with Gasteiger partial charge in [-0.25, -0.2) is 4.98 Å². The first-order valence-electron chi connectivity index (χ1n) is 8.47. The van der Waals surface area contributed by atoms with Gasteiger partial charge in [-0.05, 0) is 43.6 Å². The first-order chi connectivity index (χ1) is 10.7. The van der Waals surface area contributed by atoms with E-state index in [0.29, 0.717) is 5.92 Å². The quantitative estimate of drug-likeness (QED) is 0.852. The number of hydrogen-bond acceptors (Lipinski definition) is 6. The zero-order valence-electron chi connectivity index (χ0n) is 12.9. The molecule has 3 fully saturated rings. The third-order valence-electron chi connectivity index (χ3n) is 5.34. The van der Waals surface area contributed by atoms with E-state index in [1.54, 1.807) is 0 Å². The molecule has 1 aliphatic carbocycles. The van der Waals surface area contributed by atoms with Gasteiger partial charge in [-0.2, -0.15) is 4.98 Å². The molecule has 0 amide bonds. The zero-order chi connectivity index (χ0) is 15.1. The number of aliphatic hydroxyl groups is 1. The Morgan fingerprint density at radius 1 is 1.09 bits per heavy atom. The van der Waals surface area contributed by atoms with Crippen molar-refractivity contribution in [2.24, 2.45) is 17.6 Å². The van der Waals surface area contributed by atoms with Crippen molar-refractivity contribution in [2.45, 2.75) is 37.8 Å². The van der Waals surface area contributed by atoms with Crippen LogP contribution in [-0.2, 0) is 0 Å². The Kier molecular flexibility index (Phi) is 3.66. The van der Waals surface area contributed by atoms with Crippen LogP contribution < -0.4 is 15.5 Å². The number of nitrogens with two attached hydrogens (primary N) is 1. The molecule has 6 nitrogen and oxygen atoms in total. The van der Waals surface area contributed by atoms with E-state index in [-0.39, 0.29) is 12.1 Å². The molecule has 1 saturated carbocycles. The first-order valence-corrected chi connectivity index (χ1v) is 8.47. The summed E-state index contributed by atoms with van der Waals surface area (Å²) in [5.74, 6) is 3.21. The van der Waals surface area contributed by atoms with Crippen LogP contribution in [0.25, 0.3) is 0 Å². The SMILES string of the molecule is N[C@H]1CN(c2nccc(N3CCC(O)CC3)n2)C[C@@H]1C1CC1. The third kappa shape index (κ3) is 2.77. The van der Waals surface area contributed by atoms with Gasteiger partial charge >= 0.3 is 0 Å². The van der Waals surface area contributed by atoms with Gasteiger partial charge in [-0.15, -0.1) is 0 Å². The average Bonchev–Trinajstić information content (AvgIpc) is 3.30. The van der Waals surface area contributed by atoms with Gasteiger partial charge in [0.15, 0.2) is 0 Å². The highest BCUT2D eigenvalue weighted by atomic mass is 16.3. The molecule has 3 heterocycles. The fourth-order valence-electron chi connectivity index (χ4n) is 3.80. The van der Waals surface area contributed by atoms with Gasteiger partial charge in [-0.3, -0.25) is 0 Å². The highest BCUT2D eigenvalue weighted by Crippen LogP contribution is 2.41. The summed E-state index contributed by atoms with van der Waals surface area (Å²) in [7, 11) is 0. The summed E-state index contributed by atoms with van der Waals surface area (Å²) >= 11 is 0. The molecule has 0 radical (unpaired) electrons. The van der Waals surface area contributed by atoms with Crippen LogP contribution in [0.1, 0.15) is 25.7 Å². The van der Waals surface area contributed by atoms with Crippen LogP contribution in [0.15, 0.2) is 12.3 Å². The van der Waals surface area contributed by atoms with Gasteiger partial charge in [0.1, 0.15) is 5.82 Å². The van der Waals surface area contributed by atoms with Crippen molar-refractivity contribution in [1.82, 2.24) is 9.97 Å². The zero-order valence-corrected chi connectivity index (χ0v) is 12.9. The maximum absolute atomic E-state index is 9.64. The molecule has 2 aliphatic heterocycles. The van der Waals surface area contributed by atoms with E-state index in [0.717, 1.165) is 56.7 Å². The largest absolute Gasteiger partial charge is 0.393 e. The van der Waals surface area contributed by atoms with E-state index in [1.807, 2.05) is 12.3 Å². The Hall–Kier alpha value is -1.40. The van der Waals surface area contributed by atoms with Crippen LogP contribution in [0.2, 0.25) is 0 Å². The molecular formula is C16H25N5O. The highest BCUT2D eigenvalue weighted by molar-refractivity contribution is 5.45. The summed E-state index contributed by atoms with van der Waals surface area (Å²) in [6.07, 6.45) is 5.99. The Bertz CT molecular complexity index is 527. The van der Waals surface area contributed by atoms with Crippen molar-refractivity contribution in [3.63, 3.8) is 0 Å². The Morgan fingerprint density at radius 2 is 1.86 bits per heavy atom. The van der Waals surface area contributed by atoms with Crippen LogP contribution in [0.5, 0.6) is 0 Å². The summed E-state index contributed by atoms with van der Waals surface area (Å²) < 4.78 is 0. The predicted octanol–water partition coefficient (Wildman–Crippen LogP) is 0.611. The number of aromatic nitrogens is 2. The molecular weight excluding hydrogens is 278 g/mol. The molecule has 22 heavy (non-hydrogen) atoms. The minimum atomic E-state index is -0.159. The van der Waals surface area contributed by atoms with E-state index < -0.39 is 0 Å². The van der Waals surface area contributed by atoms with Gasteiger partial charge in [0.2, 0.25) is 5.95 Å². The molecule has 0 spiro atoms. The normalized spacial score (nSPS) is 30.1. The monoisotopic (exact) mass is 303 g/mol. The van der Waals surface area contributed by atoms with Crippen LogP contribution in [0.3, 0.4) is 0 Å². The maximum Gasteiger partial charge on any atom is 0.227 e. The fraction of sp³-hybridized carbons (Fsp3) is 0.750. The summed E-state index contributed by atoms with van der Waals surface area (Å²) in [5.41, 5.74) is 6.31. The number of aliphatic hydroxyl groups excluding tert-OH is 1. The summed E-state index contributed by atoms with van der Waals surface area (Å²) in [6, 6.07) is 2.22. The lowest BCUT2D eigenvalue weighted by atomic mass is 9.99. The second kappa shape index (κ2) is 5.66. The minimum absolute atomic E-state index is 0.159. The lowest BCUT2D eigenvalue weighted by molar-refractivity contribution is 0.145. The van der Waals surface area contributed by atoms with Crippen LogP contribution in [-0.4, -0.2) is 53.4 Å². The van der Waals surface area contributed by atoms with Crippen molar-refractivity contribution < 1.29 is 5.11 Å². The molecule has 1 aromatic heterocycles. The highest BCUT2D eigenvalue weighted by Gasteiger charge is 2.41. The smallest absolute Gasteiger partial charge is 0.227 e. The molecule has 2 saturated heterocycles. The summed E-state index contributed by atoms with van der Waals surface area (Å²) in [4.78, 5) is 13.7. The molecule has 0 unspecified atom stereocenters. The molecule has 3 N–H and O–H groups in total. The van der Waals surface area contributed by atoms with Gasteiger partial charge in [0.25, 0.3) is 0 Å². The van der Waals surface area contributed by atoms with E-state index in [1.165, 1.54) is 12.8 Å². The van der Waals surface area contributed by atoms with Crippen LogP contribution in [0, 0.1) is 11.8 Å². The van der Waals surface area contributed by atoms with Gasteiger partial charge < -0.3 is 20.6 Å². The van der Waals surface area contributed by atoms with Crippen LogP contribution >= 0.6 is 0 Å². The number of hydrogen-bond donors (Lipinski definition) is 2. The molecule has 4 rings (SSSR count). The number of anilines is 2. The lowest BCUT2D eigenvalue weighted by Crippen LogP contribution is -2.36. The molecule has 120 valence electrons. The van der Waals surface area contributed by atoms with E-state index >= 15 is 0 Å². The minimum Gasteiger partial charge on any atom is -0.393 e. The van der Waals surface area contributed by atoms with E-state index in [9.17, 15) is 5.11 Å². The Balaban J connectivity index is 1.47. The molecule has 1 aromatic rings. The second-order valence-electron chi connectivity index (χ2n) is 7.00. The van der Waals surface area contributed by atoms with Gasteiger partial charge in [0, 0.05) is 38.4 Å². The maximum atomic E-state index is 9.64. The lowest BCUT2D eigenvalue weighted by Gasteiger charge is -2.31. The molecule has 6 heteroatoms. The van der Waals surface area contributed by atoms with Gasteiger partial charge in [-0.1, -0.05) is 0 Å². The van der Waals surface area contributed by atoms with Crippen molar-refractivity contribution in [3.05, 3.63) is 12.3 Å². The molecule has 0 aromatic carbocycles. The van der Waals surface area contributed by atoms with Gasteiger partial charge in [0.05, 0.1) is 6.10 Å². The van der Waals surface area contributed by atoms with E-state index in [2.05, 4.69) is 14.8 Å². The molecule has 0 bridgehead atoms.